The van der Waals surface area contributed by atoms with Gasteiger partial charge in [0.2, 0.25) is 0 Å². The Morgan fingerprint density at radius 2 is 2.14 bits per heavy atom. The van der Waals surface area contributed by atoms with E-state index in [0.29, 0.717) is 11.3 Å². The van der Waals surface area contributed by atoms with Crippen molar-refractivity contribution in [1.82, 2.24) is 19.3 Å². The molecular formula is C12H15N5O4. The molecule has 0 fully saturated rings. The third-order valence-electron chi connectivity index (χ3n) is 3.15. The summed E-state index contributed by atoms with van der Waals surface area (Å²) < 4.78 is 2.58. The summed E-state index contributed by atoms with van der Waals surface area (Å²) in [5, 5.41) is 24.3. The third kappa shape index (κ3) is 3.31. The van der Waals surface area contributed by atoms with Crippen LogP contribution in [0.15, 0.2) is 23.5 Å². The van der Waals surface area contributed by atoms with Crippen molar-refractivity contribution in [2.24, 2.45) is 0 Å². The van der Waals surface area contributed by atoms with E-state index in [1.807, 2.05) is 0 Å². The van der Waals surface area contributed by atoms with Gasteiger partial charge in [-0.1, -0.05) is 0 Å². The van der Waals surface area contributed by atoms with E-state index >= 15 is 0 Å². The van der Waals surface area contributed by atoms with E-state index < -0.39 is 11.0 Å². The predicted molar refractivity (Wildman–Crippen MR) is 72.9 cm³/mol. The number of hydrogen-bond donors (Lipinski definition) is 1. The number of aliphatic hydroxyl groups is 1. The molecule has 0 bridgehead atoms. The smallest absolute Gasteiger partial charge is 0.306 e. The van der Waals surface area contributed by atoms with Crippen molar-refractivity contribution < 1.29 is 10.0 Å². The molecule has 112 valence electrons. The molecule has 2 aromatic rings. The van der Waals surface area contributed by atoms with Crippen molar-refractivity contribution in [2.45, 2.75) is 33.0 Å². The normalized spacial score (nSPS) is 12.3. The molecule has 0 aliphatic carbocycles. The zero-order valence-corrected chi connectivity index (χ0v) is 11.6. The summed E-state index contributed by atoms with van der Waals surface area (Å²) in [5.41, 5.74) is 0.813. The number of nitrogens with zero attached hydrogens (tertiary/aromatic N) is 5. The number of aryl methyl sites for hydroxylation is 1. The fourth-order valence-electron chi connectivity index (χ4n) is 1.85. The van der Waals surface area contributed by atoms with E-state index in [4.69, 9.17) is 0 Å². The lowest BCUT2D eigenvalue weighted by atomic mass is 10.2. The summed E-state index contributed by atoms with van der Waals surface area (Å²) in [7, 11) is 0. The van der Waals surface area contributed by atoms with Crippen molar-refractivity contribution >= 4 is 5.69 Å². The Bertz CT molecular complexity index is 721. The Labute approximate surface area is 119 Å². The summed E-state index contributed by atoms with van der Waals surface area (Å²) in [5.74, 6) is 0. The monoisotopic (exact) mass is 293 g/mol. The molecule has 0 amide bonds. The van der Waals surface area contributed by atoms with Gasteiger partial charge in [-0.15, -0.1) is 0 Å². The molecule has 0 spiro atoms. The summed E-state index contributed by atoms with van der Waals surface area (Å²) in [4.78, 5) is 26.0. The van der Waals surface area contributed by atoms with E-state index in [1.54, 1.807) is 13.8 Å². The van der Waals surface area contributed by atoms with Crippen molar-refractivity contribution in [3.63, 3.8) is 0 Å². The van der Waals surface area contributed by atoms with Gasteiger partial charge >= 0.3 is 5.69 Å². The fourth-order valence-corrected chi connectivity index (χ4v) is 1.85. The van der Waals surface area contributed by atoms with Gasteiger partial charge in [-0.25, -0.2) is 4.98 Å². The second-order valence-electron chi connectivity index (χ2n) is 4.74. The molecule has 2 aromatic heterocycles. The second-order valence-corrected chi connectivity index (χ2v) is 4.74. The Kier molecular flexibility index (Phi) is 4.13. The van der Waals surface area contributed by atoms with Crippen molar-refractivity contribution in [3.8, 4) is 0 Å². The average molecular weight is 293 g/mol. The van der Waals surface area contributed by atoms with Gasteiger partial charge in [0.1, 0.15) is 12.4 Å². The summed E-state index contributed by atoms with van der Waals surface area (Å²) in [6.07, 6.45) is 2.80. The Hall–Kier alpha value is -2.55. The number of nitro groups is 1. The van der Waals surface area contributed by atoms with Gasteiger partial charge in [-0.2, -0.15) is 5.10 Å². The second kappa shape index (κ2) is 5.83. The molecule has 2 heterocycles. The maximum Gasteiger partial charge on any atom is 0.306 e. The minimum atomic E-state index is -0.911. The molecule has 21 heavy (non-hydrogen) atoms. The van der Waals surface area contributed by atoms with Crippen LogP contribution in [-0.2, 0) is 13.1 Å². The minimum absolute atomic E-state index is 0.0423. The zero-order chi connectivity index (χ0) is 15.6. The molecule has 0 radical (unpaired) electrons. The summed E-state index contributed by atoms with van der Waals surface area (Å²) >= 11 is 0. The van der Waals surface area contributed by atoms with E-state index in [0.717, 1.165) is 6.20 Å². The first-order chi connectivity index (χ1) is 9.88. The molecular weight excluding hydrogens is 278 g/mol. The van der Waals surface area contributed by atoms with Crippen LogP contribution < -0.4 is 5.56 Å². The maximum absolute atomic E-state index is 12.0. The van der Waals surface area contributed by atoms with Crippen LogP contribution in [0, 0.1) is 24.0 Å². The molecule has 0 saturated carbocycles. The van der Waals surface area contributed by atoms with Crippen LogP contribution in [0.3, 0.4) is 0 Å². The summed E-state index contributed by atoms with van der Waals surface area (Å²) in [6, 6.07) is 0. The first-order valence-corrected chi connectivity index (χ1v) is 6.26. The summed E-state index contributed by atoms with van der Waals surface area (Å²) in [6.45, 7) is 3.50. The van der Waals surface area contributed by atoms with E-state index in [1.165, 1.54) is 21.8 Å². The van der Waals surface area contributed by atoms with Gasteiger partial charge in [-0.05, 0) is 13.8 Å². The Morgan fingerprint density at radius 1 is 1.43 bits per heavy atom. The zero-order valence-electron chi connectivity index (χ0n) is 11.6. The van der Waals surface area contributed by atoms with E-state index in [2.05, 4.69) is 10.1 Å². The number of aliphatic hydroxyl groups excluding tert-OH is 1. The molecule has 0 aliphatic heterocycles. The van der Waals surface area contributed by atoms with Crippen LogP contribution in [0.1, 0.15) is 11.3 Å². The molecule has 1 atom stereocenters. The van der Waals surface area contributed by atoms with Gasteiger partial charge < -0.3 is 5.11 Å². The van der Waals surface area contributed by atoms with Gasteiger partial charge in [0.25, 0.3) is 5.56 Å². The first kappa shape index (κ1) is 14.9. The minimum Gasteiger partial charge on any atom is -0.389 e. The highest BCUT2D eigenvalue weighted by Crippen LogP contribution is 2.08. The number of rotatable bonds is 5. The van der Waals surface area contributed by atoms with Gasteiger partial charge in [0, 0.05) is 11.3 Å². The molecule has 0 aromatic carbocycles. The maximum atomic E-state index is 12.0. The third-order valence-corrected chi connectivity index (χ3v) is 3.15. The van der Waals surface area contributed by atoms with Gasteiger partial charge in [-0.3, -0.25) is 24.2 Å². The lowest BCUT2D eigenvalue weighted by Crippen LogP contribution is -2.31. The van der Waals surface area contributed by atoms with Crippen LogP contribution in [-0.4, -0.2) is 35.5 Å². The molecule has 0 saturated heterocycles. The molecule has 9 nitrogen and oxygen atoms in total. The molecule has 9 heteroatoms. The van der Waals surface area contributed by atoms with E-state index in [9.17, 15) is 20.0 Å². The Balaban J connectivity index is 2.08. The standard InChI is InChI=1S/C12H15N5O4/c1-8-9(2)13-7-15(12(8)19)5-11(18)6-16-4-10(3-14-16)17(20)21/h3-4,7,11,18H,5-6H2,1-2H3. The number of aromatic nitrogens is 4. The highest BCUT2D eigenvalue weighted by atomic mass is 16.6. The lowest BCUT2D eigenvalue weighted by molar-refractivity contribution is -0.385. The quantitative estimate of drug-likeness (QED) is 0.614. The number of hydrogen-bond acceptors (Lipinski definition) is 6. The van der Waals surface area contributed by atoms with Gasteiger partial charge in [0.15, 0.2) is 0 Å². The molecule has 0 aliphatic rings. The van der Waals surface area contributed by atoms with Gasteiger partial charge in [0.05, 0.1) is 30.4 Å². The first-order valence-electron chi connectivity index (χ1n) is 6.26. The molecule has 1 N–H and O–H groups in total. The van der Waals surface area contributed by atoms with Crippen LogP contribution in [0.2, 0.25) is 0 Å². The van der Waals surface area contributed by atoms with Crippen molar-refractivity contribution in [1.29, 1.82) is 0 Å². The topological polar surface area (TPSA) is 116 Å². The van der Waals surface area contributed by atoms with Crippen LogP contribution in [0.4, 0.5) is 5.69 Å². The van der Waals surface area contributed by atoms with Crippen molar-refractivity contribution in [2.75, 3.05) is 0 Å². The Morgan fingerprint density at radius 3 is 2.76 bits per heavy atom. The SMILES string of the molecule is Cc1ncn(CC(O)Cn2cc([N+](=O)[O-])cn2)c(=O)c1C. The predicted octanol–water partition coefficient (Wildman–Crippen LogP) is 0.0259. The van der Waals surface area contributed by atoms with E-state index in [-0.39, 0.29) is 24.3 Å². The van der Waals surface area contributed by atoms with Crippen LogP contribution >= 0.6 is 0 Å². The highest BCUT2D eigenvalue weighted by Gasteiger charge is 2.13. The average Bonchev–Trinajstić information content (AvgIpc) is 2.88. The molecule has 2 rings (SSSR count). The van der Waals surface area contributed by atoms with Crippen LogP contribution in [0.5, 0.6) is 0 Å². The largest absolute Gasteiger partial charge is 0.389 e. The van der Waals surface area contributed by atoms with Crippen molar-refractivity contribution in [3.05, 3.63) is 50.4 Å². The van der Waals surface area contributed by atoms with Crippen LogP contribution in [0.25, 0.3) is 0 Å². The molecule has 1 unspecified atom stereocenters. The lowest BCUT2D eigenvalue weighted by Gasteiger charge is -2.13. The highest BCUT2D eigenvalue weighted by molar-refractivity contribution is 5.20. The fraction of sp³-hybridized carbons (Fsp3) is 0.417.